The highest BCUT2D eigenvalue weighted by atomic mass is 19.4. The molecule has 0 aliphatic carbocycles. The summed E-state index contributed by atoms with van der Waals surface area (Å²) < 4.78 is 39.6. The van der Waals surface area contributed by atoms with Crippen molar-refractivity contribution in [2.45, 2.75) is 26.1 Å². The summed E-state index contributed by atoms with van der Waals surface area (Å²) in [7, 11) is 0. The molecule has 140 valence electrons. The predicted octanol–water partition coefficient (Wildman–Crippen LogP) is 4.27. The van der Waals surface area contributed by atoms with E-state index in [0.29, 0.717) is 29.4 Å². The van der Waals surface area contributed by atoms with Gasteiger partial charge in [-0.3, -0.25) is 4.79 Å². The van der Waals surface area contributed by atoms with E-state index in [0.717, 1.165) is 17.7 Å². The first-order chi connectivity index (χ1) is 12.7. The monoisotopic (exact) mass is 375 g/mol. The first kappa shape index (κ1) is 18.7. The first-order valence-electron chi connectivity index (χ1n) is 8.20. The second-order valence-electron chi connectivity index (χ2n) is 6.29. The summed E-state index contributed by atoms with van der Waals surface area (Å²) in [4.78, 5) is 23.8. The molecule has 1 N–H and O–H groups in total. The van der Waals surface area contributed by atoms with Gasteiger partial charge in [0, 0.05) is 18.1 Å². The number of benzene rings is 2. The van der Waals surface area contributed by atoms with Crippen LogP contribution in [0.4, 0.5) is 13.2 Å². The number of aromatic carboxylic acids is 1. The Morgan fingerprint density at radius 1 is 1.11 bits per heavy atom. The Morgan fingerprint density at radius 2 is 1.78 bits per heavy atom. The lowest BCUT2D eigenvalue weighted by Gasteiger charge is -2.15. The molecule has 7 heteroatoms. The standard InChI is InChI=1S/C20H16F3NO3/c1-12-3-2-4-15-17(12)24(11-16(18(15)25)19(26)27)10-9-13-5-7-14(8-6-13)20(21,22)23/h2-8,11H,9-10H2,1H3,(H,26,27). The van der Waals surface area contributed by atoms with E-state index in [1.54, 1.807) is 16.7 Å². The highest BCUT2D eigenvalue weighted by Gasteiger charge is 2.29. The third kappa shape index (κ3) is 3.72. The van der Waals surface area contributed by atoms with E-state index >= 15 is 0 Å². The zero-order chi connectivity index (χ0) is 19.8. The molecule has 0 unspecified atom stereocenters. The first-order valence-corrected chi connectivity index (χ1v) is 8.20. The number of halogens is 3. The Bertz CT molecular complexity index is 1070. The fraction of sp³-hybridized carbons (Fsp3) is 0.200. The molecule has 0 bridgehead atoms. The van der Waals surface area contributed by atoms with Crippen molar-refractivity contribution >= 4 is 16.9 Å². The topological polar surface area (TPSA) is 59.3 Å². The number of carboxylic acids is 1. The van der Waals surface area contributed by atoms with Crippen LogP contribution in [-0.2, 0) is 19.1 Å². The van der Waals surface area contributed by atoms with Crippen molar-refractivity contribution < 1.29 is 23.1 Å². The van der Waals surface area contributed by atoms with Gasteiger partial charge in [0.05, 0.1) is 11.1 Å². The van der Waals surface area contributed by atoms with E-state index in [-0.39, 0.29) is 5.56 Å². The van der Waals surface area contributed by atoms with E-state index in [2.05, 4.69) is 0 Å². The number of carbonyl (C=O) groups is 1. The fourth-order valence-electron chi connectivity index (χ4n) is 3.09. The van der Waals surface area contributed by atoms with Crippen LogP contribution < -0.4 is 5.43 Å². The number of hydrogen-bond donors (Lipinski definition) is 1. The average molecular weight is 375 g/mol. The Balaban J connectivity index is 1.98. The van der Waals surface area contributed by atoms with Gasteiger partial charge in [0.2, 0.25) is 5.43 Å². The highest BCUT2D eigenvalue weighted by molar-refractivity contribution is 5.93. The van der Waals surface area contributed by atoms with Crippen molar-refractivity contribution in [1.82, 2.24) is 4.57 Å². The van der Waals surface area contributed by atoms with E-state index in [1.165, 1.54) is 18.3 Å². The summed E-state index contributed by atoms with van der Waals surface area (Å²) in [6.07, 6.45) is -2.70. The van der Waals surface area contributed by atoms with Crippen LogP contribution in [-0.4, -0.2) is 15.6 Å². The van der Waals surface area contributed by atoms with Crippen LogP contribution in [0.5, 0.6) is 0 Å². The maximum absolute atomic E-state index is 12.7. The number of rotatable bonds is 4. The van der Waals surface area contributed by atoms with Gasteiger partial charge in [-0.15, -0.1) is 0 Å². The average Bonchev–Trinajstić information content (AvgIpc) is 2.61. The smallest absolute Gasteiger partial charge is 0.416 e. The maximum atomic E-state index is 12.7. The van der Waals surface area contributed by atoms with Crippen molar-refractivity contribution in [1.29, 1.82) is 0 Å². The summed E-state index contributed by atoms with van der Waals surface area (Å²) in [6, 6.07) is 9.92. The van der Waals surface area contributed by atoms with Crippen molar-refractivity contribution in [3.8, 4) is 0 Å². The van der Waals surface area contributed by atoms with Gasteiger partial charge in [-0.2, -0.15) is 13.2 Å². The second kappa shape index (κ2) is 6.90. The molecule has 0 amide bonds. The molecule has 4 nitrogen and oxygen atoms in total. The number of pyridine rings is 1. The van der Waals surface area contributed by atoms with Gasteiger partial charge >= 0.3 is 12.1 Å². The minimum absolute atomic E-state index is 0.308. The Morgan fingerprint density at radius 3 is 2.37 bits per heavy atom. The number of aryl methyl sites for hydroxylation is 3. The molecule has 0 saturated carbocycles. The quantitative estimate of drug-likeness (QED) is 0.741. The molecule has 3 aromatic rings. The van der Waals surface area contributed by atoms with Crippen molar-refractivity contribution in [3.05, 3.63) is 81.1 Å². The second-order valence-corrected chi connectivity index (χ2v) is 6.29. The largest absolute Gasteiger partial charge is 0.477 e. The van der Waals surface area contributed by atoms with Crippen molar-refractivity contribution in [3.63, 3.8) is 0 Å². The third-order valence-corrected chi connectivity index (χ3v) is 4.45. The maximum Gasteiger partial charge on any atom is 0.416 e. The summed E-state index contributed by atoms with van der Waals surface area (Å²) in [5, 5.41) is 9.60. The Kier molecular flexibility index (Phi) is 4.78. The Labute approximate surface area is 152 Å². The molecule has 27 heavy (non-hydrogen) atoms. The van der Waals surface area contributed by atoms with Crippen LogP contribution in [0.3, 0.4) is 0 Å². The summed E-state index contributed by atoms with van der Waals surface area (Å²) in [5.41, 5.74) is 0.519. The zero-order valence-electron chi connectivity index (χ0n) is 14.4. The van der Waals surface area contributed by atoms with Crippen LogP contribution in [0.25, 0.3) is 10.9 Å². The number of para-hydroxylation sites is 1. The number of nitrogens with zero attached hydrogens (tertiary/aromatic N) is 1. The molecular formula is C20H16F3NO3. The normalized spacial score (nSPS) is 11.7. The van der Waals surface area contributed by atoms with Gasteiger partial charge < -0.3 is 9.67 Å². The van der Waals surface area contributed by atoms with E-state index in [4.69, 9.17) is 0 Å². The van der Waals surface area contributed by atoms with Gasteiger partial charge in [0.25, 0.3) is 0 Å². The van der Waals surface area contributed by atoms with Gasteiger partial charge in [-0.1, -0.05) is 24.3 Å². The lowest BCUT2D eigenvalue weighted by molar-refractivity contribution is -0.137. The molecule has 0 aliphatic rings. The van der Waals surface area contributed by atoms with Gasteiger partial charge in [0.1, 0.15) is 5.56 Å². The molecular weight excluding hydrogens is 359 g/mol. The van der Waals surface area contributed by atoms with E-state index in [9.17, 15) is 27.9 Å². The Hall–Kier alpha value is -3.09. The summed E-state index contributed by atoms with van der Waals surface area (Å²) in [6.45, 7) is 2.14. The SMILES string of the molecule is Cc1cccc2c(=O)c(C(=O)O)cn(CCc3ccc(C(F)(F)F)cc3)c12. The fourth-order valence-corrected chi connectivity index (χ4v) is 3.09. The summed E-state index contributed by atoms with van der Waals surface area (Å²) in [5.74, 6) is -1.31. The van der Waals surface area contributed by atoms with E-state index in [1.807, 2.05) is 13.0 Å². The van der Waals surface area contributed by atoms with Gasteiger partial charge in [0.15, 0.2) is 0 Å². The molecule has 1 aromatic heterocycles. The molecule has 0 fully saturated rings. The van der Waals surface area contributed by atoms with Crippen LogP contribution in [0.2, 0.25) is 0 Å². The van der Waals surface area contributed by atoms with Crippen molar-refractivity contribution in [2.24, 2.45) is 0 Å². The van der Waals surface area contributed by atoms with Crippen LogP contribution in [0.1, 0.15) is 27.0 Å². The molecule has 1 heterocycles. The number of hydrogen-bond acceptors (Lipinski definition) is 2. The molecule has 0 spiro atoms. The van der Waals surface area contributed by atoms with Crippen LogP contribution in [0, 0.1) is 6.92 Å². The number of fused-ring (bicyclic) bond motifs is 1. The minimum Gasteiger partial charge on any atom is -0.477 e. The van der Waals surface area contributed by atoms with Gasteiger partial charge in [-0.25, -0.2) is 4.79 Å². The molecule has 2 aromatic carbocycles. The summed E-state index contributed by atoms with van der Waals surface area (Å²) >= 11 is 0. The highest BCUT2D eigenvalue weighted by Crippen LogP contribution is 2.29. The molecule has 0 saturated heterocycles. The van der Waals surface area contributed by atoms with Gasteiger partial charge in [-0.05, 0) is 42.7 Å². The van der Waals surface area contributed by atoms with Crippen molar-refractivity contribution in [2.75, 3.05) is 0 Å². The van der Waals surface area contributed by atoms with E-state index < -0.39 is 23.1 Å². The molecule has 3 rings (SSSR count). The lowest BCUT2D eigenvalue weighted by Crippen LogP contribution is -2.20. The lowest BCUT2D eigenvalue weighted by atomic mass is 10.1. The molecule has 0 atom stereocenters. The van der Waals surface area contributed by atoms with Crippen LogP contribution in [0.15, 0.2) is 53.5 Å². The number of carboxylic acid groups (broad SMARTS) is 1. The molecule has 0 aliphatic heterocycles. The van der Waals surface area contributed by atoms with Crippen LogP contribution >= 0.6 is 0 Å². The molecule has 0 radical (unpaired) electrons. The number of alkyl halides is 3. The zero-order valence-corrected chi connectivity index (χ0v) is 14.4. The third-order valence-electron chi connectivity index (χ3n) is 4.45. The number of aromatic nitrogens is 1. The predicted molar refractivity (Wildman–Crippen MR) is 95.1 cm³/mol. The minimum atomic E-state index is -4.39.